The standard InChI is InChI=1S/C22H28ClN3O2/c1-4-13-24-22(28)19-12-11-18(23)14-20(19)25-21(27)17-9-7-16(8-10-17)15-26(5-2)6-3/h7-12,14H,4-6,13,15H2,1-3H3,(H,24,28)(H,25,27). The van der Waals surface area contributed by atoms with Gasteiger partial charge in [-0.25, -0.2) is 0 Å². The molecule has 0 aliphatic carbocycles. The molecule has 2 aromatic carbocycles. The number of nitrogens with zero attached hydrogens (tertiary/aromatic N) is 1. The first kappa shape index (κ1) is 21.9. The predicted molar refractivity (Wildman–Crippen MR) is 115 cm³/mol. The van der Waals surface area contributed by atoms with Gasteiger partial charge in [-0.3, -0.25) is 14.5 Å². The number of anilines is 1. The van der Waals surface area contributed by atoms with Crippen LogP contribution in [-0.4, -0.2) is 36.3 Å². The van der Waals surface area contributed by atoms with Gasteiger partial charge in [-0.05, 0) is 55.4 Å². The molecule has 2 rings (SSSR count). The lowest BCUT2D eigenvalue weighted by molar-refractivity contribution is 0.0954. The van der Waals surface area contributed by atoms with E-state index in [0.29, 0.717) is 28.4 Å². The van der Waals surface area contributed by atoms with Gasteiger partial charge in [-0.15, -0.1) is 0 Å². The number of hydrogen-bond acceptors (Lipinski definition) is 3. The van der Waals surface area contributed by atoms with Crippen LogP contribution in [0.15, 0.2) is 42.5 Å². The molecule has 28 heavy (non-hydrogen) atoms. The fourth-order valence-corrected chi connectivity index (χ4v) is 2.99. The Hall–Kier alpha value is -2.37. The van der Waals surface area contributed by atoms with Gasteiger partial charge in [0, 0.05) is 23.7 Å². The molecule has 0 spiro atoms. The average molecular weight is 402 g/mol. The normalized spacial score (nSPS) is 10.8. The highest BCUT2D eigenvalue weighted by molar-refractivity contribution is 6.31. The van der Waals surface area contributed by atoms with Crippen molar-refractivity contribution in [3.05, 3.63) is 64.2 Å². The van der Waals surface area contributed by atoms with E-state index < -0.39 is 0 Å². The summed E-state index contributed by atoms with van der Waals surface area (Å²) in [6.07, 6.45) is 0.834. The molecular formula is C22H28ClN3O2. The van der Waals surface area contributed by atoms with Crippen LogP contribution in [0.4, 0.5) is 5.69 Å². The van der Waals surface area contributed by atoms with Crippen molar-refractivity contribution in [1.29, 1.82) is 0 Å². The molecule has 0 unspecified atom stereocenters. The van der Waals surface area contributed by atoms with Crippen LogP contribution >= 0.6 is 11.6 Å². The van der Waals surface area contributed by atoms with Gasteiger partial charge in [0.1, 0.15) is 0 Å². The molecule has 5 nitrogen and oxygen atoms in total. The van der Waals surface area contributed by atoms with E-state index in [1.807, 2.05) is 19.1 Å². The molecule has 0 aliphatic heterocycles. The summed E-state index contributed by atoms with van der Waals surface area (Å²) >= 11 is 6.06. The van der Waals surface area contributed by atoms with Crippen molar-refractivity contribution in [2.24, 2.45) is 0 Å². The van der Waals surface area contributed by atoms with Crippen molar-refractivity contribution in [2.75, 3.05) is 25.0 Å². The summed E-state index contributed by atoms with van der Waals surface area (Å²) in [7, 11) is 0. The Morgan fingerprint density at radius 2 is 1.64 bits per heavy atom. The van der Waals surface area contributed by atoms with E-state index >= 15 is 0 Å². The molecule has 2 amide bonds. The van der Waals surface area contributed by atoms with Crippen LogP contribution in [0.1, 0.15) is 53.5 Å². The summed E-state index contributed by atoms with van der Waals surface area (Å²) in [4.78, 5) is 27.3. The maximum Gasteiger partial charge on any atom is 0.255 e. The van der Waals surface area contributed by atoms with Crippen LogP contribution in [0.25, 0.3) is 0 Å². The topological polar surface area (TPSA) is 61.4 Å². The number of carbonyl (C=O) groups excluding carboxylic acids is 2. The zero-order valence-electron chi connectivity index (χ0n) is 16.7. The summed E-state index contributed by atoms with van der Waals surface area (Å²) in [6, 6.07) is 12.4. The monoisotopic (exact) mass is 401 g/mol. The van der Waals surface area contributed by atoms with Crippen molar-refractivity contribution < 1.29 is 9.59 Å². The first-order valence-corrected chi connectivity index (χ1v) is 10.1. The Labute approximate surface area is 172 Å². The smallest absolute Gasteiger partial charge is 0.255 e. The van der Waals surface area contributed by atoms with Gasteiger partial charge < -0.3 is 10.6 Å². The average Bonchev–Trinajstić information content (AvgIpc) is 2.70. The third-order valence-corrected chi connectivity index (χ3v) is 4.76. The van der Waals surface area contributed by atoms with Crippen molar-refractivity contribution in [1.82, 2.24) is 10.2 Å². The Balaban J connectivity index is 2.14. The zero-order chi connectivity index (χ0) is 20.5. The van der Waals surface area contributed by atoms with Crippen LogP contribution in [0.3, 0.4) is 0 Å². The number of nitrogens with one attached hydrogen (secondary N) is 2. The van der Waals surface area contributed by atoms with E-state index in [0.717, 1.165) is 31.6 Å². The minimum Gasteiger partial charge on any atom is -0.352 e. The Morgan fingerprint density at radius 1 is 0.964 bits per heavy atom. The Morgan fingerprint density at radius 3 is 2.25 bits per heavy atom. The molecule has 0 saturated heterocycles. The number of rotatable bonds is 9. The lowest BCUT2D eigenvalue weighted by atomic mass is 10.1. The number of carbonyl (C=O) groups is 2. The van der Waals surface area contributed by atoms with Crippen molar-refractivity contribution >= 4 is 29.1 Å². The molecule has 0 heterocycles. The zero-order valence-corrected chi connectivity index (χ0v) is 17.5. The lowest BCUT2D eigenvalue weighted by Crippen LogP contribution is -2.26. The highest BCUT2D eigenvalue weighted by atomic mass is 35.5. The number of halogens is 1. The van der Waals surface area contributed by atoms with Crippen LogP contribution in [0.5, 0.6) is 0 Å². The SMILES string of the molecule is CCCNC(=O)c1ccc(Cl)cc1NC(=O)c1ccc(CN(CC)CC)cc1. The van der Waals surface area contributed by atoms with Crippen molar-refractivity contribution in [3.63, 3.8) is 0 Å². The summed E-state index contributed by atoms with van der Waals surface area (Å²) in [5.41, 5.74) is 2.48. The maximum atomic E-state index is 12.7. The van der Waals surface area contributed by atoms with Gasteiger partial charge in [-0.2, -0.15) is 0 Å². The molecular weight excluding hydrogens is 374 g/mol. The van der Waals surface area contributed by atoms with E-state index in [2.05, 4.69) is 29.4 Å². The second-order valence-electron chi connectivity index (χ2n) is 6.56. The molecule has 2 aromatic rings. The number of benzene rings is 2. The maximum absolute atomic E-state index is 12.7. The summed E-state index contributed by atoms with van der Waals surface area (Å²) in [5, 5.41) is 6.09. The van der Waals surface area contributed by atoms with Crippen LogP contribution in [0, 0.1) is 0 Å². The Kier molecular flexibility index (Phi) is 8.48. The van der Waals surface area contributed by atoms with E-state index in [1.165, 1.54) is 0 Å². The molecule has 0 aliphatic rings. The third kappa shape index (κ3) is 6.08. The molecule has 6 heteroatoms. The fourth-order valence-electron chi connectivity index (χ4n) is 2.81. The number of hydrogen-bond donors (Lipinski definition) is 2. The molecule has 0 atom stereocenters. The quantitative estimate of drug-likeness (QED) is 0.646. The van der Waals surface area contributed by atoms with Crippen LogP contribution < -0.4 is 10.6 Å². The number of amides is 2. The van der Waals surface area contributed by atoms with E-state index in [4.69, 9.17) is 11.6 Å². The van der Waals surface area contributed by atoms with Crippen molar-refractivity contribution in [3.8, 4) is 0 Å². The molecule has 2 N–H and O–H groups in total. The van der Waals surface area contributed by atoms with Gasteiger partial charge in [0.2, 0.25) is 0 Å². The third-order valence-electron chi connectivity index (χ3n) is 4.53. The van der Waals surface area contributed by atoms with Gasteiger partial charge >= 0.3 is 0 Å². The summed E-state index contributed by atoms with van der Waals surface area (Å²) < 4.78 is 0. The largest absolute Gasteiger partial charge is 0.352 e. The van der Waals surface area contributed by atoms with E-state index in [1.54, 1.807) is 30.3 Å². The van der Waals surface area contributed by atoms with Gasteiger partial charge in [-0.1, -0.05) is 44.5 Å². The van der Waals surface area contributed by atoms with E-state index in [-0.39, 0.29) is 11.8 Å². The van der Waals surface area contributed by atoms with Crippen LogP contribution in [-0.2, 0) is 6.54 Å². The molecule has 0 bridgehead atoms. The van der Waals surface area contributed by atoms with Gasteiger partial charge in [0.05, 0.1) is 11.3 Å². The molecule has 150 valence electrons. The van der Waals surface area contributed by atoms with E-state index in [9.17, 15) is 9.59 Å². The lowest BCUT2D eigenvalue weighted by Gasteiger charge is -2.18. The van der Waals surface area contributed by atoms with Crippen LogP contribution in [0.2, 0.25) is 5.02 Å². The van der Waals surface area contributed by atoms with Crippen molar-refractivity contribution in [2.45, 2.75) is 33.7 Å². The predicted octanol–water partition coefficient (Wildman–Crippen LogP) is 4.57. The van der Waals surface area contributed by atoms with Gasteiger partial charge in [0.25, 0.3) is 11.8 Å². The highest BCUT2D eigenvalue weighted by Gasteiger charge is 2.15. The second kappa shape index (κ2) is 10.8. The first-order chi connectivity index (χ1) is 13.5. The first-order valence-electron chi connectivity index (χ1n) is 9.68. The highest BCUT2D eigenvalue weighted by Crippen LogP contribution is 2.22. The fraction of sp³-hybridized carbons (Fsp3) is 0.364. The molecule has 0 aromatic heterocycles. The Bertz CT molecular complexity index is 802. The second-order valence-corrected chi connectivity index (χ2v) is 6.99. The minimum absolute atomic E-state index is 0.233. The molecule has 0 saturated carbocycles. The molecule has 0 radical (unpaired) electrons. The summed E-state index contributed by atoms with van der Waals surface area (Å²) in [6.45, 7) is 9.63. The minimum atomic E-state index is -0.277. The van der Waals surface area contributed by atoms with Gasteiger partial charge in [0.15, 0.2) is 0 Å². The molecule has 0 fully saturated rings. The summed E-state index contributed by atoms with van der Waals surface area (Å²) in [5.74, 6) is -0.510.